The predicted molar refractivity (Wildman–Crippen MR) is 84.7 cm³/mol. The van der Waals surface area contributed by atoms with Crippen molar-refractivity contribution in [1.29, 1.82) is 0 Å². The Bertz CT molecular complexity index is 582. The minimum absolute atomic E-state index is 0.102. The number of benzene rings is 1. The van der Waals surface area contributed by atoms with Crippen molar-refractivity contribution in [3.8, 4) is 0 Å². The summed E-state index contributed by atoms with van der Waals surface area (Å²) >= 11 is 0. The van der Waals surface area contributed by atoms with Crippen molar-refractivity contribution in [2.24, 2.45) is 0 Å². The van der Waals surface area contributed by atoms with Gasteiger partial charge >= 0.3 is 12.3 Å². The summed E-state index contributed by atoms with van der Waals surface area (Å²) < 4.78 is 43.7. The van der Waals surface area contributed by atoms with E-state index in [0.29, 0.717) is 31.6 Å². The number of piperazine rings is 1. The van der Waals surface area contributed by atoms with Crippen LogP contribution in [0.1, 0.15) is 31.9 Å². The minimum atomic E-state index is -4.35. The molecule has 0 spiro atoms. The van der Waals surface area contributed by atoms with Crippen molar-refractivity contribution in [3.05, 3.63) is 35.4 Å². The van der Waals surface area contributed by atoms with E-state index in [2.05, 4.69) is 5.32 Å². The number of ether oxygens (including phenoxy) is 1. The average Bonchev–Trinajstić information content (AvgIpc) is 2.45. The largest absolute Gasteiger partial charge is 0.444 e. The van der Waals surface area contributed by atoms with Crippen LogP contribution in [0, 0.1) is 0 Å². The van der Waals surface area contributed by atoms with Gasteiger partial charge in [0.1, 0.15) is 5.60 Å². The Kier molecular flexibility index (Phi) is 5.42. The lowest BCUT2D eigenvalue weighted by molar-refractivity contribution is -0.137. The van der Waals surface area contributed by atoms with Crippen LogP contribution in [0.4, 0.5) is 18.0 Å². The minimum Gasteiger partial charge on any atom is -0.444 e. The third kappa shape index (κ3) is 5.40. The van der Waals surface area contributed by atoms with Gasteiger partial charge in [-0.3, -0.25) is 0 Å². The standard InChI is InChI=1S/C17H23F3N2O2/c1-16(2,3)24-15(23)22-8-7-21-14(11-22)10-12-5-4-6-13(9-12)17(18,19)20/h4-6,9,14,21H,7-8,10-11H2,1-3H3. The molecule has 1 heterocycles. The first-order chi connectivity index (χ1) is 11.0. The van der Waals surface area contributed by atoms with Crippen molar-refractivity contribution in [3.63, 3.8) is 0 Å². The summed E-state index contributed by atoms with van der Waals surface area (Å²) in [5.41, 5.74) is -0.633. The molecule has 1 N–H and O–H groups in total. The van der Waals surface area contributed by atoms with Gasteiger partial charge in [0.15, 0.2) is 0 Å². The van der Waals surface area contributed by atoms with E-state index < -0.39 is 23.4 Å². The number of alkyl halides is 3. The Hall–Kier alpha value is -1.76. The number of nitrogens with zero attached hydrogens (tertiary/aromatic N) is 1. The second-order valence-electron chi connectivity index (χ2n) is 6.98. The highest BCUT2D eigenvalue weighted by Crippen LogP contribution is 2.29. The van der Waals surface area contributed by atoms with E-state index in [1.54, 1.807) is 31.7 Å². The number of amides is 1. The van der Waals surface area contributed by atoms with E-state index >= 15 is 0 Å². The molecule has 0 aromatic heterocycles. The Morgan fingerprint density at radius 3 is 2.67 bits per heavy atom. The molecule has 1 aliphatic heterocycles. The van der Waals surface area contributed by atoms with Gasteiger partial charge < -0.3 is 15.0 Å². The van der Waals surface area contributed by atoms with Crippen molar-refractivity contribution >= 4 is 6.09 Å². The van der Waals surface area contributed by atoms with Gasteiger partial charge in [-0.05, 0) is 38.8 Å². The SMILES string of the molecule is CC(C)(C)OC(=O)N1CCNC(Cc2cccc(C(F)(F)F)c2)C1. The van der Waals surface area contributed by atoms with Crippen LogP contribution in [0.5, 0.6) is 0 Å². The fraction of sp³-hybridized carbons (Fsp3) is 0.588. The van der Waals surface area contributed by atoms with E-state index in [1.165, 1.54) is 6.07 Å². The number of rotatable bonds is 2. The van der Waals surface area contributed by atoms with Gasteiger partial charge in [0.05, 0.1) is 5.56 Å². The van der Waals surface area contributed by atoms with Crippen LogP contribution >= 0.6 is 0 Å². The Labute approximate surface area is 140 Å². The molecule has 1 unspecified atom stereocenters. The summed E-state index contributed by atoms with van der Waals surface area (Å²) in [6, 6.07) is 5.20. The molecule has 2 rings (SSSR count). The maximum Gasteiger partial charge on any atom is 0.416 e. The number of carbonyl (C=O) groups excluding carboxylic acids is 1. The van der Waals surface area contributed by atoms with Crippen LogP contribution in [-0.2, 0) is 17.3 Å². The molecule has 24 heavy (non-hydrogen) atoms. The summed E-state index contributed by atoms with van der Waals surface area (Å²) in [5, 5.41) is 3.24. The van der Waals surface area contributed by atoms with Gasteiger partial charge in [-0.25, -0.2) is 4.79 Å². The number of carbonyl (C=O) groups is 1. The Morgan fingerprint density at radius 1 is 1.33 bits per heavy atom. The topological polar surface area (TPSA) is 41.6 Å². The molecule has 1 atom stereocenters. The quantitative estimate of drug-likeness (QED) is 0.893. The molecule has 1 aromatic rings. The summed E-state index contributed by atoms with van der Waals surface area (Å²) in [4.78, 5) is 13.7. The lowest BCUT2D eigenvalue weighted by Crippen LogP contribution is -2.54. The zero-order chi connectivity index (χ0) is 18.0. The molecular formula is C17H23F3N2O2. The summed E-state index contributed by atoms with van der Waals surface area (Å²) in [6.07, 6.45) is -4.32. The highest BCUT2D eigenvalue weighted by molar-refractivity contribution is 5.68. The Morgan fingerprint density at radius 2 is 2.04 bits per heavy atom. The molecular weight excluding hydrogens is 321 g/mol. The van der Waals surface area contributed by atoms with E-state index in [4.69, 9.17) is 4.74 Å². The summed E-state index contributed by atoms with van der Waals surface area (Å²) in [6.45, 7) is 6.91. The lowest BCUT2D eigenvalue weighted by atomic mass is 10.0. The van der Waals surface area contributed by atoms with Crippen molar-refractivity contribution in [2.75, 3.05) is 19.6 Å². The highest BCUT2D eigenvalue weighted by Gasteiger charge is 2.31. The molecule has 1 saturated heterocycles. The molecule has 0 bridgehead atoms. The van der Waals surface area contributed by atoms with E-state index in [9.17, 15) is 18.0 Å². The average molecular weight is 344 g/mol. The molecule has 1 amide bonds. The first-order valence-corrected chi connectivity index (χ1v) is 7.92. The van der Waals surface area contributed by atoms with Crippen LogP contribution in [0.25, 0.3) is 0 Å². The number of hydrogen-bond donors (Lipinski definition) is 1. The molecule has 0 aliphatic carbocycles. The van der Waals surface area contributed by atoms with Gasteiger partial charge in [-0.2, -0.15) is 13.2 Å². The highest BCUT2D eigenvalue weighted by atomic mass is 19.4. The normalized spacial score (nSPS) is 19.2. The molecule has 1 fully saturated rings. The monoisotopic (exact) mass is 344 g/mol. The van der Waals surface area contributed by atoms with Crippen molar-refractivity contribution in [1.82, 2.24) is 10.2 Å². The van der Waals surface area contributed by atoms with E-state index in [1.807, 2.05) is 0 Å². The van der Waals surface area contributed by atoms with Crippen LogP contribution in [0.3, 0.4) is 0 Å². The molecule has 7 heteroatoms. The van der Waals surface area contributed by atoms with Crippen molar-refractivity contribution < 1.29 is 22.7 Å². The second-order valence-corrected chi connectivity index (χ2v) is 6.98. The van der Waals surface area contributed by atoms with Crippen LogP contribution in [0.2, 0.25) is 0 Å². The maximum atomic E-state index is 12.8. The van der Waals surface area contributed by atoms with Crippen molar-refractivity contribution in [2.45, 2.75) is 45.0 Å². The number of halogens is 3. The maximum absolute atomic E-state index is 12.8. The van der Waals surface area contributed by atoms with E-state index in [-0.39, 0.29) is 6.04 Å². The molecule has 0 radical (unpaired) electrons. The summed E-state index contributed by atoms with van der Waals surface area (Å²) in [7, 11) is 0. The van der Waals surface area contributed by atoms with Gasteiger partial charge in [-0.15, -0.1) is 0 Å². The molecule has 4 nitrogen and oxygen atoms in total. The van der Waals surface area contributed by atoms with Gasteiger partial charge in [-0.1, -0.05) is 18.2 Å². The molecule has 134 valence electrons. The fourth-order valence-corrected chi connectivity index (χ4v) is 2.61. The van der Waals surface area contributed by atoms with Crippen LogP contribution in [0.15, 0.2) is 24.3 Å². The first-order valence-electron chi connectivity index (χ1n) is 7.92. The number of hydrogen-bond acceptors (Lipinski definition) is 3. The molecule has 1 aromatic carbocycles. The van der Waals surface area contributed by atoms with Crippen LogP contribution < -0.4 is 5.32 Å². The van der Waals surface area contributed by atoms with Gasteiger partial charge in [0, 0.05) is 25.7 Å². The predicted octanol–water partition coefficient (Wildman–Crippen LogP) is 3.46. The van der Waals surface area contributed by atoms with Crippen LogP contribution in [-0.4, -0.2) is 42.3 Å². The fourth-order valence-electron chi connectivity index (χ4n) is 2.61. The lowest BCUT2D eigenvalue weighted by Gasteiger charge is -2.35. The number of nitrogens with one attached hydrogen (secondary N) is 1. The summed E-state index contributed by atoms with van der Waals surface area (Å²) in [5.74, 6) is 0. The van der Waals surface area contributed by atoms with E-state index in [0.717, 1.165) is 12.1 Å². The molecule has 0 saturated carbocycles. The third-order valence-electron chi connectivity index (χ3n) is 3.64. The first kappa shape index (κ1) is 18.6. The van der Waals surface area contributed by atoms with Gasteiger partial charge in [0.2, 0.25) is 0 Å². The zero-order valence-corrected chi connectivity index (χ0v) is 14.1. The van der Waals surface area contributed by atoms with Gasteiger partial charge in [0.25, 0.3) is 0 Å². The Balaban J connectivity index is 1.99. The molecule has 1 aliphatic rings. The zero-order valence-electron chi connectivity index (χ0n) is 14.1. The third-order valence-corrected chi connectivity index (χ3v) is 3.64. The smallest absolute Gasteiger partial charge is 0.416 e. The second kappa shape index (κ2) is 7.01.